The van der Waals surface area contributed by atoms with Crippen LogP contribution >= 0.6 is 0 Å². The predicted molar refractivity (Wildman–Crippen MR) is 46.9 cm³/mol. The number of carboxylic acid groups (broad SMARTS) is 1. The molecule has 0 bridgehead atoms. The van der Waals surface area contributed by atoms with Gasteiger partial charge < -0.3 is 24.8 Å². The molecule has 0 spiro atoms. The lowest BCUT2D eigenvalue weighted by molar-refractivity contribution is -0.225. The van der Waals surface area contributed by atoms with Crippen LogP contribution in [0.4, 0.5) is 0 Å². The minimum Gasteiger partial charge on any atom is -0.481 e. The van der Waals surface area contributed by atoms with Crippen LogP contribution < -0.4 is 0 Å². The highest BCUT2D eigenvalue weighted by molar-refractivity contribution is 5.74. The molecule has 6 heteroatoms. The highest BCUT2D eigenvalue weighted by Crippen LogP contribution is 2.55. The Morgan fingerprint density at radius 2 is 2.13 bits per heavy atom. The van der Waals surface area contributed by atoms with Gasteiger partial charge in [0.15, 0.2) is 6.29 Å². The van der Waals surface area contributed by atoms with Crippen LogP contribution in [0.3, 0.4) is 0 Å². The maximum absolute atomic E-state index is 10.8. The summed E-state index contributed by atoms with van der Waals surface area (Å²) in [6.07, 6.45) is -2.32. The summed E-state index contributed by atoms with van der Waals surface area (Å²) in [5.41, 5.74) is 0. The predicted octanol–water partition coefficient (Wildman–Crippen LogP) is -1.34. The Balaban J connectivity index is 2.13. The normalized spacial score (nSPS) is 48.5. The zero-order valence-corrected chi connectivity index (χ0v) is 8.24. The second-order valence-corrected chi connectivity index (χ2v) is 3.97. The average Bonchev–Trinajstić information content (AvgIpc) is 2.94. The minimum absolute atomic E-state index is 0.301. The van der Waals surface area contributed by atoms with Crippen molar-refractivity contribution in [3.05, 3.63) is 0 Å². The number of ether oxygens (including phenoxy) is 2. The van der Waals surface area contributed by atoms with Crippen LogP contribution in [0, 0.1) is 17.8 Å². The van der Waals surface area contributed by atoms with Crippen LogP contribution in [0.1, 0.15) is 0 Å². The summed E-state index contributed by atoms with van der Waals surface area (Å²) in [4.78, 5) is 10.8. The van der Waals surface area contributed by atoms with E-state index in [1.165, 1.54) is 7.11 Å². The van der Waals surface area contributed by atoms with Crippen LogP contribution in [0.25, 0.3) is 0 Å². The Labute approximate surface area is 86.4 Å². The number of hydrogen-bond acceptors (Lipinski definition) is 5. The molecule has 86 valence electrons. The topological polar surface area (TPSA) is 96.2 Å². The molecule has 1 aliphatic carbocycles. The lowest BCUT2D eigenvalue weighted by Gasteiger charge is -2.31. The third-order valence-electron chi connectivity index (χ3n) is 3.23. The summed E-state index contributed by atoms with van der Waals surface area (Å²) in [5, 5.41) is 27.5. The molecule has 1 unspecified atom stereocenters. The molecule has 2 fully saturated rings. The molecule has 0 aromatic heterocycles. The first-order valence-corrected chi connectivity index (χ1v) is 4.81. The van der Waals surface area contributed by atoms with Gasteiger partial charge in [0, 0.05) is 18.9 Å². The molecule has 1 saturated carbocycles. The van der Waals surface area contributed by atoms with Crippen molar-refractivity contribution in [3.8, 4) is 0 Å². The van der Waals surface area contributed by atoms with Crippen molar-refractivity contribution in [1.82, 2.24) is 0 Å². The van der Waals surface area contributed by atoms with Crippen LogP contribution in [-0.4, -0.2) is 53.5 Å². The van der Waals surface area contributed by atoms with Crippen molar-refractivity contribution in [2.75, 3.05) is 13.7 Å². The average molecular weight is 218 g/mol. The zero-order valence-electron chi connectivity index (χ0n) is 8.24. The van der Waals surface area contributed by atoms with Crippen LogP contribution in [0.2, 0.25) is 0 Å². The van der Waals surface area contributed by atoms with Crippen molar-refractivity contribution >= 4 is 5.97 Å². The number of rotatable bonds is 3. The van der Waals surface area contributed by atoms with Crippen molar-refractivity contribution in [2.45, 2.75) is 18.5 Å². The molecule has 15 heavy (non-hydrogen) atoms. The van der Waals surface area contributed by atoms with Crippen molar-refractivity contribution in [2.24, 2.45) is 17.8 Å². The molecule has 0 radical (unpaired) electrons. The molecule has 0 amide bonds. The molecule has 1 heterocycles. The number of carbonyl (C=O) groups is 1. The quantitative estimate of drug-likeness (QED) is 0.542. The zero-order chi connectivity index (χ0) is 11.2. The highest BCUT2D eigenvalue weighted by atomic mass is 16.7. The van der Waals surface area contributed by atoms with E-state index in [-0.39, 0.29) is 18.4 Å². The maximum Gasteiger partial charge on any atom is 0.307 e. The monoisotopic (exact) mass is 218 g/mol. The number of hydrogen-bond donors (Lipinski definition) is 3. The third-order valence-corrected chi connectivity index (χ3v) is 3.23. The van der Waals surface area contributed by atoms with E-state index in [9.17, 15) is 9.90 Å². The first-order chi connectivity index (χ1) is 7.11. The van der Waals surface area contributed by atoms with Crippen molar-refractivity contribution in [1.29, 1.82) is 0 Å². The van der Waals surface area contributed by atoms with Gasteiger partial charge in [0.05, 0.1) is 18.6 Å². The van der Waals surface area contributed by atoms with Gasteiger partial charge >= 0.3 is 5.97 Å². The molecule has 0 aromatic rings. The molecule has 1 saturated heterocycles. The van der Waals surface area contributed by atoms with E-state index >= 15 is 0 Å². The molecule has 6 nitrogen and oxygen atoms in total. The lowest BCUT2D eigenvalue weighted by Crippen LogP contribution is -2.43. The first-order valence-electron chi connectivity index (χ1n) is 4.81. The Kier molecular flexibility index (Phi) is 2.68. The van der Waals surface area contributed by atoms with Gasteiger partial charge in [-0.25, -0.2) is 0 Å². The van der Waals surface area contributed by atoms with Crippen molar-refractivity contribution < 1.29 is 29.6 Å². The summed E-state index contributed by atoms with van der Waals surface area (Å²) < 4.78 is 10.2. The molecular weight excluding hydrogens is 204 g/mol. The molecule has 3 N–H and O–H groups in total. The Bertz CT molecular complexity index is 267. The summed E-state index contributed by atoms with van der Waals surface area (Å²) in [7, 11) is 1.42. The van der Waals surface area contributed by atoms with Gasteiger partial charge in [0.25, 0.3) is 0 Å². The Morgan fingerprint density at radius 1 is 1.47 bits per heavy atom. The SMILES string of the molecule is CO[C@H]1O[C@H](CO)[C@@H](O)[C@@H]2C(C(=O)O)[C@H]12. The van der Waals surface area contributed by atoms with Gasteiger partial charge in [-0.1, -0.05) is 0 Å². The largest absolute Gasteiger partial charge is 0.481 e. The van der Waals surface area contributed by atoms with Crippen molar-refractivity contribution in [3.63, 3.8) is 0 Å². The van der Waals surface area contributed by atoms with E-state index in [0.29, 0.717) is 0 Å². The molecule has 2 rings (SSSR count). The summed E-state index contributed by atoms with van der Waals surface area (Å²) in [6.45, 7) is -0.337. The molecular formula is C9H14O6. The number of aliphatic hydroxyl groups excluding tert-OH is 2. The fraction of sp³-hybridized carbons (Fsp3) is 0.889. The van der Waals surface area contributed by atoms with Gasteiger partial charge in [-0.05, 0) is 0 Å². The van der Waals surface area contributed by atoms with Gasteiger partial charge in [-0.3, -0.25) is 4.79 Å². The van der Waals surface area contributed by atoms with Gasteiger partial charge in [0.2, 0.25) is 0 Å². The van der Waals surface area contributed by atoms with E-state index < -0.39 is 30.4 Å². The van der Waals surface area contributed by atoms with Crippen LogP contribution in [0.5, 0.6) is 0 Å². The van der Waals surface area contributed by atoms with E-state index in [2.05, 4.69) is 0 Å². The second kappa shape index (κ2) is 3.71. The van der Waals surface area contributed by atoms with E-state index in [1.54, 1.807) is 0 Å². The molecule has 1 aliphatic heterocycles. The second-order valence-electron chi connectivity index (χ2n) is 3.97. The van der Waals surface area contributed by atoms with E-state index in [0.717, 1.165) is 0 Å². The van der Waals surface area contributed by atoms with Gasteiger partial charge in [0.1, 0.15) is 6.10 Å². The van der Waals surface area contributed by atoms with E-state index in [1.807, 2.05) is 0 Å². The smallest absolute Gasteiger partial charge is 0.307 e. The number of methoxy groups -OCH3 is 1. The standard InChI is InChI=1S/C9H14O6/c1-14-9-6-4(5(6)8(12)13)7(11)3(2-10)15-9/h3-7,9-11H,2H2,1H3,(H,12,13)/t3-,4-,5?,6-,7-,9+/m1/s1. The Morgan fingerprint density at radius 3 is 2.60 bits per heavy atom. The van der Waals surface area contributed by atoms with Crippen LogP contribution in [0.15, 0.2) is 0 Å². The summed E-state index contributed by atoms with van der Waals surface area (Å²) in [5.74, 6) is -2.24. The maximum atomic E-state index is 10.8. The number of aliphatic carboxylic acids is 1. The molecule has 0 aromatic carbocycles. The summed E-state index contributed by atoms with van der Waals surface area (Å²) in [6, 6.07) is 0. The fourth-order valence-corrected chi connectivity index (χ4v) is 2.43. The lowest BCUT2D eigenvalue weighted by atomic mass is 10.0. The third kappa shape index (κ3) is 1.53. The summed E-state index contributed by atoms with van der Waals surface area (Å²) >= 11 is 0. The number of carboxylic acids is 1. The molecule has 2 aliphatic rings. The fourth-order valence-electron chi connectivity index (χ4n) is 2.43. The first kappa shape index (κ1) is 10.8. The van der Waals surface area contributed by atoms with E-state index in [4.69, 9.17) is 19.7 Å². The Hall–Kier alpha value is -0.690. The number of fused-ring (bicyclic) bond motifs is 1. The van der Waals surface area contributed by atoms with Gasteiger partial charge in [-0.15, -0.1) is 0 Å². The minimum atomic E-state index is -0.951. The van der Waals surface area contributed by atoms with Crippen LogP contribution in [-0.2, 0) is 14.3 Å². The molecule has 6 atom stereocenters. The highest BCUT2D eigenvalue weighted by Gasteiger charge is 2.66. The number of aliphatic hydroxyl groups is 2. The van der Waals surface area contributed by atoms with Gasteiger partial charge in [-0.2, -0.15) is 0 Å².